The molecule has 25 heavy (non-hydrogen) atoms. The highest BCUT2D eigenvalue weighted by atomic mass is 32.2. The van der Waals surface area contributed by atoms with E-state index in [4.69, 9.17) is 0 Å². The van der Waals surface area contributed by atoms with E-state index in [1.807, 2.05) is 0 Å². The summed E-state index contributed by atoms with van der Waals surface area (Å²) in [5.41, 5.74) is 0.150. The van der Waals surface area contributed by atoms with Crippen LogP contribution in [0.3, 0.4) is 0 Å². The number of carbonyl (C=O) groups excluding carboxylic acids is 1. The maximum absolute atomic E-state index is 12.5. The van der Waals surface area contributed by atoms with Crippen molar-refractivity contribution in [3.63, 3.8) is 0 Å². The van der Waals surface area contributed by atoms with E-state index in [0.29, 0.717) is 0 Å². The number of benzene rings is 1. The van der Waals surface area contributed by atoms with E-state index in [1.54, 1.807) is 36.0 Å². The van der Waals surface area contributed by atoms with Gasteiger partial charge in [-0.1, -0.05) is 20.8 Å². The lowest BCUT2D eigenvalue weighted by Gasteiger charge is -2.17. The third kappa shape index (κ3) is 4.99. The van der Waals surface area contributed by atoms with Gasteiger partial charge in [0.2, 0.25) is 0 Å². The van der Waals surface area contributed by atoms with Crippen molar-refractivity contribution >= 4 is 33.6 Å². The first-order valence-corrected chi connectivity index (χ1v) is 9.76. The molecule has 7 nitrogen and oxygen atoms in total. The molecule has 0 saturated carbocycles. The lowest BCUT2D eigenvalue weighted by Crippen LogP contribution is -2.13. The molecule has 0 spiro atoms. The molecule has 0 fully saturated rings. The van der Waals surface area contributed by atoms with Crippen LogP contribution in [0.4, 0.5) is 5.82 Å². The van der Waals surface area contributed by atoms with Gasteiger partial charge in [-0.25, -0.2) is 13.2 Å². The predicted molar refractivity (Wildman–Crippen MR) is 97.4 cm³/mol. The van der Waals surface area contributed by atoms with Crippen LogP contribution in [0.5, 0.6) is 0 Å². The number of aromatic nitrogens is 2. The first-order chi connectivity index (χ1) is 11.5. The molecule has 136 valence electrons. The molecule has 0 aliphatic rings. The number of nitrogens with one attached hydrogen (secondary N) is 1. The minimum absolute atomic E-state index is 0.0386. The van der Waals surface area contributed by atoms with Gasteiger partial charge in [0, 0.05) is 22.8 Å². The number of sulfonamides is 1. The van der Waals surface area contributed by atoms with E-state index in [2.05, 4.69) is 35.3 Å². The summed E-state index contributed by atoms with van der Waals surface area (Å²) >= 11 is 1.65. The second kappa shape index (κ2) is 7.09. The molecule has 0 saturated heterocycles. The second-order valence-corrected chi connectivity index (χ2v) is 9.90. The van der Waals surface area contributed by atoms with Gasteiger partial charge in [0.25, 0.3) is 10.0 Å². The number of hydrogen-bond donors (Lipinski definition) is 1. The number of aryl methyl sites for hydroxylation is 1. The van der Waals surface area contributed by atoms with E-state index >= 15 is 0 Å². The smallest absolute Gasteiger partial charge is 0.356 e. The fourth-order valence-electron chi connectivity index (χ4n) is 2.05. The van der Waals surface area contributed by atoms with E-state index in [-0.39, 0.29) is 21.2 Å². The zero-order valence-electron chi connectivity index (χ0n) is 14.7. The number of thioether (sulfide) groups is 1. The topological polar surface area (TPSA) is 90.3 Å². The number of anilines is 1. The quantitative estimate of drug-likeness (QED) is 0.631. The average molecular weight is 383 g/mol. The molecule has 9 heteroatoms. The molecule has 1 aromatic carbocycles. The summed E-state index contributed by atoms with van der Waals surface area (Å²) in [6.45, 7) is 6.26. The standard InChI is InChI=1S/C16H21N3O4S2/c1-16(2,3)24-11-6-8-12(9-7-11)25(21,22)18-14-10-13(15(20)23-5)19(4)17-14/h6-10H,1-5H3,(H,17,18). The van der Waals surface area contributed by atoms with Crippen LogP contribution >= 0.6 is 11.8 Å². The van der Waals surface area contributed by atoms with Gasteiger partial charge >= 0.3 is 5.97 Å². The van der Waals surface area contributed by atoms with Crippen molar-refractivity contribution in [2.45, 2.75) is 35.3 Å². The van der Waals surface area contributed by atoms with Crippen LogP contribution in [0.15, 0.2) is 40.1 Å². The minimum Gasteiger partial charge on any atom is -0.464 e. The largest absolute Gasteiger partial charge is 0.464 e. The zero-order chi connectivity index (χ0) is 18.8. The zero-order valence-corrected chi connectivity index (χ0v) is 16.4. The van der Waals surface area contributed by atoms with E-state index in [1.165, 1.54) is 24.9 Å². The van der Waals surface area contributed by atoms with Crippen LogP contribution in [-0.2, 0) is 21.8 Å². The summed E-state index contributed by atoms with van der Waals surface area (Å²) in [4.78, 5) is 12.7. The lowest BCUT2D eigenvalue weighted by molar-refractivity contribution is 0.0588. The Bertz CT molecular complexity index is 866. The molecule has 1 heterocycles. The van der Waals surface area contributed by atoms with Gasteiger partial charge < -0.3 is 4.74 Å². The van der Waals surface area contributed by atoms with E-state index in [0.717, 1.165) is 4.90 Å². The Morgan fingerprint density at radius 3 is 2.36 bits per heavy atom. The van der Waals surface area contributed by atoms with Crippen molar-refractivity contribution < 1.29 is 17.9 Å². The van der Waals surface area contributed by atoms with Gasteiger partial charge in [0.1, 0.15) is 5.69 Å². The summed E-state index contributed by atoms with van der Waals surface area (Å²) in [7, 11) is -1.02. The van der Waals surface area contributed by atoms with E-state index in [9.17, 15) is 13.2 Å². The minimum atomic E-state index is -3.80. The van der Waals surface area contributed by atoms with Crippen molar-refractivity contribution in [1.82, 2.24) is 9.78 Å². The molecule has 2 aromatic rings. The molecule has 0 unspecified atom stereocenters. The molecule has 0 aliphatic carbocycles. The number of methoxy groups -OCH3 is 1. The highest BCUT2D eigenvalue weighted by Crippen LogP contribution is 2.32. The molecular weight excluding hydrogens is 362 g/mol. The molecule has 0 aliphatic heterocycles. The predicted octanol–water partition coefficient (Wildman–Crippen LogP) is 2.90. The summed E-state index contributed by atoms with van der Waals surface area (Å²) < 4.78 is 33.2. The van der Waals surface area contributed by atoms with Gasteiger partial charge in [0.15, 0.2) is 5.82 Å². The van der Waals surface area contributed by atoms with Crippen LogP contribution < -0.4 is 4.72 Å². The molecule has 0 bridgehead atoms. The molecule has 0 amide bonds. The maximum atomic E-state index is 12.5. The SMILES string of the molecule is COC(=O)c1cc(NS(=O)(=O)c2ccc(SC(C)(C)C)cc2)nn1C. The number of esters is 1. The van der Waals surface area contributed by atoms with Gasteiger partial charge in [-0.2, -0.15) is 5.10 Å². The molecule has 2 rings (SSSR count). The Kier molecular flexibility index (Phi) is 5.48. The monoisotopic (exact) mass is 383 g/mol. The van der Waals surface area contributed by atoms with Crippen LogP contribution in [0.2, 0.25) is 0 Å². The Hall–Kier alpha value is -2.00. The number of rotatable bonds is 5. The Labute approximate surface area is 151 Å². The molecule has 1 aromatic heterocycles. The first kappa shape index (κ1) is 19.3. The van der Waals surface area contributed by atoms with Crippen molar-refractivity contribution in [1.29, 1.82) is 0 Å². The number of ether oxygens (including phenoxy) is 1. The summed E-state index contributed by atoms with van der Waals surface area (Å²) in [5, 5.41) is 3.98. The lowest BCUT2D eigenvalue weighted by atomic mass is 10.3. The van der Waals surface area contributed by atoms with Crippen LogP contribution in [0, 0.1) is 0 Å². The van der Waals surface area contributed by atoms with Gasteiger partial charge in [-0.05, 0) is 24.3 Å². The van der Waals surface area contributed by atoms with E-state index < -0.39 is 16.0 Å². The third-order valence-electron chi connectivity index (χ3n) is 3.07. The Morgan fingerprint density at radius 1 is 1.24 bits per heavy atom. The van der Waals surface area contributed by atoms with Crippen LogP contribution in [0.25, 0.3) is 0 Å². The fourth-order valence-corrected chi connectivity index (χ4v) is 4.02. The third-order valence-corrected chi connectivity index (χ3v) is 5.56. The van der Waals surface area contributed by atoms with Gasteiger partial charge in [-0.3, -0.25) is 9.40 Å². The molecule has 1 N–H and O–H groups in total. The number of carbonyl (C=O) groups is 1. The summed E-state index contributed by atoms with van der Waals surface area (Å²) in [6.07, 6.45) is 0. The van der Waals surface area contributed by atoms with Crippen molar-refractivity contribution in [2.24, 2.45) is 7.05 Å². The van der Waals surface area contributed by atoms with Gasteiger partial charge in [-0.15, -0.1) is 11.8 Å². The first-order valence-electron chi connectivity index (χ1n) is 7.46. The molecule has 0 radical (unpaired) electrons. The number of nitrogens with zero attached hydrogens (tertiary/aromatic N) is 2. The fraction of sp³-hybridized carbons (Fsp3) is 0.375. The second-order valence-electron chi connectivity index (χ2n) is 6.32. The maximum Gasteiger partial charge on any atom is 0.356 e. The molecular formula is C16H21N3O4S2. The number of hydrogen-bond acceptors (Lipinski definition) is 6. The van der Waals surface area contributed by atoms with Crippen LogP contribution in [0.1, 0.15) is 31.3 Å². The summed E-state index contributed by atoms with van der Waals surface area (Å²) in [6, 6.07) is 7.94. The summed E-state index contributed by atoms with van der Waals surface area (Å²) in [5.74, 6) is -0.542. The highest BCUT2D eigenvalue weighted by Gasteiger charge is 2.20. The van der Waals surface area contributed by atoms with Crippen molar-refractivity contribution in [2.75, 3.05) is 11.8 Å². The van der Waals surface area contributed by atoms with Crippen LogP contribution in [-0.4, -0.2) is 36.0 Å². The van der Waals surface area contributed by atoms with Crippen molar-refractivity contribution in [3.05, 3.63) is 36.0 Å². The van der Waals surface area contributed by atoms with Crippen molar-refractivity contribution in [3.8, 4) is 0 Å². The average Bonchev–Trinajstić information content (AvgIpc) is 2.85. The molecule has 0 atom stereocenters. The normalized spacial score (nSPS) is 12.0. The highest BCUT2D eigenvalue weighted by molar-refractivity contribution is 8.00. The Morgan fingerprint density at radius 2 is 1.84 bits per heavy atom. The van der Waals surface area contributed by atoms with Gasteiger partial charge in [0.05, 0.1) is 12.0 Å². The Balaban J connectivity index is 2.21.